The molecule has 0 N–H and O–H groups in total. The van der Waals surface area contributed by atoms with Crippen LogP contribution in [0.25, 0.3) is 0 Å². The minimum absolute atomic E-state index is 0.0327. The molecule has 0 heterocycles. The van der Waals surface area contributed by atoms with Crippen molar-refractivity contribution in [1.82, 2.24) is 0 Å². The SMILES string of the molecule is CCCC/C=C\C/C=C\CCCCCCCC(=O)OC(COC(=O)CCCCCCCCCCCCCCCCCCC/C=C\CCCCCCCCCC)COP(=O)([O-])OCC[N+](C)(C)C. The number of likely N-dealkylation sites (N-methyl/N-ethyl adjacent to an activating group) is 1. The predicted molar refractivity (Wildman–Crippen MR) is 282 cm³/mol. The van der Waals surface area contributed by atoms with Crippen molar-refractivity contribution in [1.29, 1.82) is 0 Å². The molecule has 0 rings (SSSR count). The lowest BCUT2D eigenvalue weighted by atomic mass is 10.0. The molecule has 0 aliphatic heterocycles. The molecule has 0 amide bonds. The van der Waals surface area contributed by atoms with Gasteiger partial charge >= 0.3 is 11.9 Å². The van der Waals surface area contributed by atoms with E-state index in [2.05, 4.69) is 50.3 Å². The van der Waals surface area contributed by atoms with E-state index in [-0.39, 0.29) is 32.0 Å². The van der Waals surface area contributed by atoms with Crippen LogP contribution in [0, 0.1) is 0 Å². The van der Waals surface area contributed by atoms with Crippen molar-refractivity contribution in [2.45, 2.75) is 270 Å². The van der Waals surface area contributed by atoms with E-state index in [0.717, 1.165) is 64.2 Å². The molecule has 0 aromatic carbocycles. The molecule has 0 aromatic heterocycles. The lowest BCUT2D eigenvalue weighted by Crippen LogP contribution is -2.37. The van der Waals surface area contributed by atoms with Crippen molar-refractivity contribution in [2.75, 3.05) is 47.5 Å². The first-order chi connectivity index (χ1) is 32.5. The van der Waals surface area contributed by atoms with Crippen LogP contribution >= 0.6 is 7.82 Å². The maximum Gasteiger partial charge on any atom is 0.306 e. The Bertz CT molecular complexity index is 1230. The lowest BCUT2D eigenvalue weighted by Gasteiger charge is -2.28. The summed E-state index contributed by atoms with van der Waals surface area (Å²) >= 11 is 0. The van der Waals surface area contributed by atoms with Crippen LogP contribution < -0.4 is 4.89 Å². The van der Waals surface area contributed by atoms with Gasteiger partial charge in [0.25, 0.3) is 7.82 Å². The second-order valence-corrected chi connectivity index (χ2v) is 21.7. The first-order valence-corrected chi connectivity index (χ1v) is 29.7. The molecule has 0 radical (unpaired) electrons. The van der Waals surface area contributed by atoms with Crippen LogP contribution in [0.15, 0.2) is 36.5 Å². The Kier molecular flexibility index (Phi) is 47.9. The van der Waals surface area contributed by atoms with Crippen molar-refractivity contribution < 1.29 is 42.1 Å². The van der Waals surface area contributed by atoms with Crippen molar-refractivity contribution >= 4 is 19.8 Å². The number of carbonyl (C=O) groups excluding carboxylic acids is 2. The van der Waals surface area contributed by atoms with Crippen molar-refractivity contribution in [3.8, 4) is 0 Å². The summed E-state index contributed by atoms with van der Waals surface area (Å²) in [5.74, 6) is -0.841. The molecule has 0 fully saturated rings. The molecule has 0 saturated carbocycles. The molecule has 0 aliphatic rings. The lowest BCUT2D eigenvalue weighted by molar-refractivity contribution is -0.870. The maximum absolute atomic E-state index is 12.7. The Hall–Kier alpha value is -1.77. The topological polar surface area (TPSA) is 111 Å². The van der Waals surface area contributed by atoms with Crippen LogP contribution in [-0.4, -0.2) is 70.0 Å². The second-order valence-electron chi connectivity index (χ2n) is 20.3. The van der Waals surface area contributed by atoms with Gasteiger partial charge in [-0.15, -0.1) is 0 Å². The van der Waals surface area contributed by atoms with Crippen LogP contribution in [0.2, 0.25) is 0 Å². The van der Waals surface area contributed by atoms with Crippen molar-refractivity contribution in [3.05, 3.63) is 36.5 Å². The van der Waals surface area contributed by atoms with E-state index in [0.29, 0.717) is 17.4 Å². The van der Waals surface area contributed by atoms with E-state index in [1.807, 2.05) is 21.1 Å². The molecule has 67 heavy (non-hydrogen) atoms. The van der Waals surface area contributed by atoms with Gasteiger partial charge in [0.1, 0.15) is 19.8 Å². The number of carbonyl (C=O) groups is 2. The number of unbranched alkanes of at least 4 members (excludes halogenated alkanes) is 32. The summed E-state index contributed by atoms with van der Waals surface area (Å²) in [6, 6.07) is 0. The first-order valence-electron chi connectivity index (χ1n) is 28.2. The molecule has 0 bridgehead atoms. The third-order valence-electron chi connectivity index (χ3n) is 12.4. The van der Waals surface area contributed by atoms with Crippen LogP contribution in [0.1, 0.15) is 264 Å². The van der Waals surface area contributed by atoms with E-state index < -0.39 is 26.5 Å². The number of hydrogen-bond donors (Lipinski definition) is 0. The van der Waals surface area contributed by atoms with Gasteiger partial charge in [-0.25, -0.2) is 0 Å². The third-order valence-corrected chi connectivity index (χ3v) is 13.3. The third kappa shape index (κ3) is 53.4. The fourth-order valence-electron chi connectivity index (χ4n) is 7.96. The summed E-state index contributed by atoms with van der Waals surface area (Å²) in [7, 11) is 1.16. The van der Waals surface area contributed by atoms with E-state index >= 15 is 0 Å². The highest BCUT2D eigenvalue weighted by atomic mass is 31.2. The van der Waals surface area contributed by atoms with E-state index in [1.165, 1.54) is 167 Å². The number of ether oxygens (including phenoxy) is 2. The van der Waals surface area contributed by atoms with E-state index in [1.54, 1.807) is 0 Å². The molecule has 0 spiro atoms. The number of allylic oxidation sites excluding steroid dienone is 6. The second kappa shape index (κ2) is 49.2. The first kappa shape index (κ1) is 65.2. The molecule has 2 atom stereocenters. The number of rotatable bonds is 52. The molecule has 10 heteroatoms. The Morgan fingerprint density at radius 3 is 1.24 bits per heavy atom. The van der Waals surface area contributed by atoms with Gasteiger partial charge in [0.2, 0.25) is 0 Å². The number of esters is 2. The normalized spacial score (nSPS) is 13.6. The van der Waals surface area contributed by atoms with Gasteiger partial charge < -0.3 is 27.9 Å². The monoisotopic (exact) mass is 966 g/mol. The molecular formula is C57H108NO8P. The molecule has 0 saturated heterocycles. The minimum Gasteiger partial charge on any atom is -0.756 e. The highest BCUT2D eigenvalue weighted by Crippen LogP contribution is 2.38. The zero-order valence-electron chi connectivity index (χ0n) is 44.6. The predicted octanol–water partition coefficient (Wildman–Crippen LogP) is 16.6. The van der Waals surface area contributed by atoms with Gasteiger partial charge in [0, 0.05) is 12.8 Å². The van der Waals surface area contributed by atoms with E-state index in [4.69, 9.17) is 18.5 Å². The standard InChI is InChI=1S/C57H108NO8P/c1-6-8-10-12-14-16-18-20-22-23-24-25-26-27-28-29-30-31-32-33-34-35-36-38-39-41-43-45-47-49-56(59)63-53-55(54-65-67(61,62)64-52-51-58(3,4)5)66-57(60)50-48-46-44-42-40-37-21-19-17-15-13-11-9-7-2/h13,15,19,21,23-24,55H,6-12,14,16-18,20,22,25-54H2,1-5H3/b15-13-,21-19-,24-23-. The van der Waals surface area contributed by atoms with Crippen LogP contribution in [0.4, 0.5) is 0 Å². The molecular weight excluding hydrogens is 858 g/mol. The summed E-state index contributed by atoms with van der Waals surface area (Å²) < 4.78 is 34.1. The summed E-state index contributed by atoms with van der Waals surface area (Å²) in [6.45, 7) is 4.20. The van der Waals surface area contributed by atoms with E-state index in [9.17, 15) is 19.0 Å². The summed E-state index contributed by atoms with van der Waals surface area (Å²) in [4.78, 5) is 37.7. The average molecular weight is 966 g/mol. The number of hydrogen-bond acceptors (Lipinski definition) is 8. The Labute approximate surface area is 414 Å². The quantitative estimate of drug-likeness (QED) is 0.0195. The van der Waals surface area contributed by atoms with Crippen molar-refractivity contribution in [2.24, 2.45) is 0 Å². The molecule has 0 aromatic rings. The molecule has 394 valence electrons. The van der Waals surface area contributed by atoms with Gasteiger partial charge in [-0.1, -0.05) is 224 Å². The van der Waals surface area contributed by atoms with Crippen LogP contribution in [0.5, 0.6) is 0 Å². The molecule has 2 unspecified atom stereocenters. The van der Waals surface area contributed by atoms with Gasteiger partial charge in [-0.2, -0.15) is 0 Å². The number of phosphoric ester groups is 1. The highest BCUT2D eigenvalue weighted by Gasteiger charge is 2.21. The average Bonchev–Trinajstić information content (AvgIpc) is 3.29. The van der Waals surface area contributed by atoms with Gasteiger partial charge in [-0.05, 0) is 64.2 Å². The summed E-state index contributed by atoms with van der Waals surface area (Å²) in [6.07, 6.45) is 59.2. The van der Waals surface area contributed by atoms with Gasteiger partial charge in [0.05, 0.1) is 27.7 Å². The Morgan fingerprint density at radius 1 is 0.463 bits per heavy atom. The smallest absolute Gasteiger partial charge is 0.306 e. The summed E-state index contributed by atoms with van der Waals surface area (Å²) in [5, 5.41) is 0. The van der Waals surface area contributed by atoms with Crippen molar-refractivity contribution in [3.63, 3.8) is 0 Å². The molecule has 0 aliphatic carbocycles. The number of phosphoric acid groups is 1. The fourth-order valence-corrected chi connectivity index (χ4v) is 8.69. The largest absolute Gasteiger partial charge is 0.756 e. The highest BCUT2D eigenvalue weighted by molar-refractivity contribution is 7.45. The zero-order chi connectivity index (χ0) is 49.2. The molecule has 9 nitrogen and oxygen atoms in total. The number of quaternary nitrogens is 1. The zero-order valence-corrected chi connectivity index (χ0v) is 45.5. The fraction of sp³-hybridized carbons (Fsp3) is 0.860. The number of nitrogens with zero attached hydrogens (tertiary/aromatic N) is 1. The van der Waals surface area contributed by atoms with Gasteiger partial charge in [-0.3, -0.25) is 14.2 Å². The van der Waals surface area contributed by atoms with Crippen LogP contribution in [-0.2, 0) is 32.7 Å². The van der Waals surface area contributed by atoms with Crippen LogP contribution in [0.3, 0.4) is 0 Å². The van der Waals surface area contributed by atoms with Gasteiger partial charge in [0.15, 0.2) is 6.10 Å². The minimum atomic E-state index is -4.63. The Morgan fingerprint density at radius 2 is 0.821 bits per heavy atom. The Balaban J connectivity index is 4.05. The summed E-state index contributed by atoms with van der Waals surface area (Å²) in [5.41, 5.74) is 0. The maximum atomic E-state index is 12.7.